The zero-order valence-corrected chi connectivity index (χ0v) is 7.62. The third-order valence-electron chi connectivity index (χ3n) is 2.07. The van der Waals surface area contributed by atoms with Crippen molar-refractivity contribution in [1.82, 2.24) is 30.6 Å². The molecule has 1 aromatic carbocycles. The van der Waals surface area contributed by atoms with Crippen LogP contribution < -0.4 is 0 Å². The smallest absolute Gasteiger partial charge is 0.204 e. The normalized spacial score (nSPS) is 10.7. The summed E-state index contributed by atoms with van der Waals surface area (Å²) in [4.78, 5) is 8.38. The first-order valence-corrected chi connectivity index (χ1v) is 4.38. The molecule has 0 aliphatic heterocycles. The van der Waals surface area contributed by atoms with E-state index in [1.807, 2.05) is 18.2 Å². The largest absolute Gasteiger partial charge is 0.253 e. The van der Waals surface area contributed by atoms with Gasteiger partial charge in [-0.25, -0.2) is 0 Å². The highest BCUT2D eigenvalue weighted by atomic mass is 15.5. The molecule has 0 saturated heterocycles. The zero-order valence-electron chi connectivity index (χ0n) is 7.62. The van der Waals surface area contributed by atoms with Gasteiger partial charge in [-0.3, -0.25) is 9.97 Å². The van der Waals surface area contributed by atoms with Crippen LogP contribution in [0.2, 0.25) is 0 Å². The van der Waals surface area contributed by atoms with Gasteiger partial charge in [0.1, 0.15) is 0 Å². The van der Waals surface area contributed by atoms with Crippen molar-refractivity contribution >= 4 is 11.0 Å². The fourth-order valence-corrected chi connectivity index (χ4v) is 1.39. The molecule has 0 amide bonds. The molecule has 0 aliphatic carbocycles. The van der Waals surface area contributed by atoms with Gasteiger partial charge in [-0.15, -0.1) is 10.2 Å². The van der Waals surface area contributed by atoms with Crippen molar-refractivity contribution in [2.75, 3.05) is 0 Å². The molecule has 0 aliphatic rings. The predicted octanol–water partition coefficient (Wildman–Crippen LogP) is 0.810. The number of aromatic nitrogens is 6. The Balaban J connectivity index is 2.22. The van der Waals surface area contributed by atoms with Crippen molar-refractivity contribution in [2.24, 2.45) is 0 Å². The van der Waals surface area contributed by atoms with Crippen molar-refractivity contribution in [3.8, 4) is 11.4 Å². The first kappa shape index (κ1) is 7.98. The van der Waals surface area contributed by atoms with Crippen molar-refractivity contribution in [3.63, 3.8) is 0 Å². The van der Waals surface area contributed by atoms with Crippen molar-refractivity contribution in [3.05, 3.63) is 30.6 Å². The minimum absolute atomic E-state index is 0.558. The van der Waals surface area contributed by atoms with E-state index in [2.05, 4.69) is 30.6 Å². The fourth-order valence-electron chi connectivity index (χ4n) is 1.39. The molecular weight excluding hydrogens is 192 g/mol. The molecule has 0 unspecified atom stereocenters. The second-order valence-electron chi connectivity index (χ2n) is 3.00. The lowest BCUT2D eigenvalue weighted by Crippen LogP contribution is -1.85. The number of benzene rings is 1. The number of fused-ring (bicyclic) bond motifs is 1. The third kappa shape index (κ3) is 1.32. The van der Waals surface area contributed by atoms with Crippen LogP contribution in [0.1, 0.15) is 0 Å². The second kappa shape index (κ2) is 3.09. The van der Waals surface area contributed by atoms with E-state index in [0.29, 0.717) is 5.82 Å². The Morgan fingerprint density at radius 1 is 1.00 bits per heavy atom. The minimum Gasteiger partial charge on any atom is -0.253 e. The third-order valence-corrected chi connectivity index (χ3v) is 2.07. The maximum absolute atomic E-state index is 4.20. The Labute approximate surface area is 84.4 Å². The second-order valence-corrected chi connectivity index (χ2v) is 3.00. The van der Waals surface area contributed by atoms with Crippen molar-refractivity contribution < 1.29 is 0 Å². The van der Waals surface area contributed by atoms with E-state index in [0.717, 1.165) is 16.6 Å². The van der Waals surface area contributed by atoms with E-state index in [9.17, 15) is 0 Å². The Morgan fingerprint density at radius 2 is 1.87 bits per heavy atom. The van der Waals surface area contributed by atoms with Crippen LogP contribution in [0.25, 0.3) is 22.4 Å². The van der Waals surface area contributed by atoms with Gasteiger partial charge in [-0.1, -0.05) is 0 Å². The lowest BCUT2D eigenvalue weighted by Gasteiger charge is -1.97. The molecule has 6 heteroatoms. The molecule has 3 aromatic rings. The van der Waals surface area contributed by atoms with Gasteiger partial charge in [0.05, 0.1) is 11.0 Å². The lowest BCUT2D eigenvalue weighted by molar-refractivity contribution is 0.881. The fraction of sp³-hybridized carbons (Fsp3) is 0. The summed E-state index contributed by atoms with van der Waals surface area (Å²) < 4.78 is 0. The molecule has 0 radical (unpaired) electrons. The highest BCUT2D eigenvalue weighted by molar-refractivity contribution is 5.79. The van der Waals surface area contributed by atoms with Crippen LogP contribution in [0.4, 0.5) is 0 Å². The predicted molar refractivity (Wildman–Crippen MR) is 52.7 cm³/mol. The highest BCUT2D eigenvalue weighted by Crippen LogP contribution is 2.17. The Kier molecular flexibility index (Phi) is 1.64. The maximum atomic E-state index is 4.20. The summed E-state index contributed by atoms with van der Waals surface area (Å²) in [5.74, 6) is 0.558. The Morgan fingerprint density at radius 3 is 2.67 bits per heavy atom. The van der Waals surface area contributed by atoms with Gasteiger partial charge in [0.15, 0.2) is 0 Å². The topological polar surface area (TPSA) is 80.2 Å². The van der Waals surface area contributed by atoms with E-state index in [4.69, 9.17) is 0 Å². The number of H-pyrrole nitrogens is 1. The van der Waals surface area contributed by atoms with Crippen LogP contribution in [0, 0.1) is 0 Å². The van der Waals surface area contributed by atoms with Gasteiger partial charge in [0, 0.05) is 18.0 Å². The molecule has 6 nitrogen and oxygen atoms in total. The molecule has 0 spiro atoms. The summed E-state index contributed by atoms with van der Waals surface area (Å²) in [6.07, 6.45) is 3.32. The average molecular weight is 198 g/mol. The number of nitrogens with zero attached hydrogens (tertiary/aromatic N) is 5. The number of hydrogen-bond acceptors (Lipinski definition) is 5. The molecule has 1 N–H and O–H groups in total. The quantitative estimate of drug-likeness (QED) is 0.625. The van der Waals surface area contributed by atoms with Crippen molar-refractivity contribution in [2.45, 2.75) is 0 Å². The zero-order chi connectivity index (χ0) is 10.1. The Hall–Kier alpha value is -2.37. The average Bonchev–Trinajstić information content (AvgIpc) is 2.82. The molecule has 15 heavy (non-hydrogen) atoms. The number of rotatable bonds is 1. The van der Waals surface area contributed by atoms with Gasteiger partial charge in [-0.05, 0) is 23.4 Å². The molecule has 2 heterocycles. The number of nitrogens with one attached hydrogen (secondary N) is 1. The molecule has 0 atom stereocenters. The lowest BCUT2D eigenvalue weighted by atomic mass is 10.2. The molecule has 2 aromatic heterocycles. The van der Waals surface area contributed by atoms with Crippen LogP contribution in [-0.4, -0.2) is 30.6 Å². The molecule has 0 saturated carbocycles. The van der Waals surface area contributed by atoms with E-state index in [1.54, 1.807) is 12.4 Å². The van der Waals surface area contributed by atoms with E-state index >= 15 is 0 Å². The highest BCUT2D eigenvalue weighted by Gasteiger charge is 2.04. The summed E-state index contributed by atoms with van der Waals surface area (Å²) in [5.41, 5.74) is 2.54. The molecule has 0 bridgehead atoms. The van der Waals surface area contributed by atoms with Crippen molar-refractivity contribution in [1.29, 1.82) is 0 Å². The summed E-state index contributed by atoms with van der Waals surface area (Å²) in [7, 11) is 0. The SMILES string of the molecule is c1cnc2cc(-c3nn[nH]n3)ccc2n1. The van der Waals surface area contributed by atoms with Crippen LogP contribution >= 0.6 is 0 Å². The summed E-state index contributed by atoms with van der Waals surface area (Å²) in [5, 5.41) is 13.7. The van der Waals surface area contributed by atoms with Crippen LogP contribution in [0.5, 0.6) is 0 Å². The van der Waals surface area contributed by atoms with E-state index in [-0.39, 0.29) is 0 Å². The number of aromatic amines is 1. The van der Waals surface area contributed by atoms with Gasteiger partial charge in [0.25, 0.3) is 0 Å². The summed E-state index contributed by atoms with van der Waals surface area (Å²) in [6.45, 7) is 0. The minimum atomic E-state index is 0.558. The number of hydrogen-bond donors (Lipinski definition) is 1. The first-order chi connectivity index (χ1) is 7.43. The standard InChI is InChI=1S/C9H6N6/c1-2-7-8(11-4-3-10-7)5-6(1)9-12-14-15-13-9/h1-5H,(H,12,13,14,15). The van der Waals surface area contributed by atoms with Crippen LogP contribution in [0.15, 0.2) is 30.6 Å². The maximum Gasteiger partial charge on any atom is 0.204 e. The molecular formula is C9H6N6. The first-order valence-electron chi connectivity index (χ1n) is 4.38. The Bertz CT molecular complexity index is 588. The van der Waals surface area contributed by atoms with Gasteiger partial charge < -0.3 is 0 Å². The van der Waals surface area contributed by atoms with Crippen LogP contribution in [0.3, 0.4) is 0 Å². The number of tetrazole rings is 1. The molecule has 3 rings (SSSR count). The summed E-state index contributed by atoms with van der Waals surface area (Å²) >= 11 is 0. The molecule has 0 fully saturated rings. The van der Waals surface area contributed by atoms with Crippen LogP contribution in [-0.2, 0) is 0 Å². The van der Waals surface area contributed by atoms with E-state index in [1.165, 1.54) is 0 Å². The van der Waals surface area contributed by atoms with Gasteiger partial charge in [-0.2, -0.15) is 5.21 Å². The van der Waals surface area contributed by atoms with Gasteiger partial charge in [0.2, 0.25) is 5.82 Å². The van der Waals surface area contributed by atoms with E-state index < -0.39 is 0 Å². The summed E-state index contributed by atoms with van der Waals surface area (Å²) in [6, 6.07) is 5.66. The monoisotopic (exact) mass is 198 g/mol. The van der Waals surface area contributed by atoms with Gasteiger partial charge >= 0.3 is 0 Å². The molecule has 72 valence electrons.